The van der Waals surface area contributed by atoms with E-state index in [2.05, 4.69) is 24.0 Å². The number of fused-ring (bicyclic) bond motifs is 2. The van der Waals surface area contributed by atoms with Crippen LogP contribution in [-0.4, -0.2) is 25.0 Å². The summed E-state index contributed by atoms with van der Waals surface area (Å²) in [6, 6.07) is 0. The number of hydrogen-bond donors (Lipinski definition) is 1. The molecular weight excluding hydrogens is 242 g/mol. The number of amides is 1. The maximum Gasteiger partial charge on any atom is 0.333 e. The van der Waals surface area contributed by atoms with Gasteiger partial charge in [0, 0.05) is 12.1 Å². The van der Waals surface area contributed by atoms with Crippen molar-refractivity contribution in [2.45, 2.75) is 32.6 Å². The number of carbonyl (C=O) groups is 2. The highest BCUT2D eigenvalue weighted by atomic mass is 16.5. The molecule has 0 spiro atoms. The maximum atomic E-state index is 12.1. The summed E-state index contributed by atoms with van der Waals surface area (Å²) in [7, 11) is 0. The zero-order valence-electron chi connectivity index (χ0n) is 11.4. The minimum absolute atomic E-state index is 0.120. The molecule has 0 aromatic carbocycles. The average molecular weight is 263 g/mol. The Morgan fingerprint density at radius 3 is 2.84 bits per heavy atom. The molecule has 4 nitrogen and oxygen atoms in total. The van der Waals surface area contributed by atoms with Crippen LogP contribution < -0.4 is 5.32 Å². The van der Waals surface area contributed by atoms with E-state index in [0.717, 1.165) is 19.3 Å². The molecule has 4 heteroatoms. The Morgan fingerprint density at radius 1 is 1.53 bits per heavy atom. The van der Waals surface area contributed by atoms with Crippen molar-refractivity contribution < 1.29 is 14.3 Å². The molecular formula is C15H21NO3. The van der Waals surface area contributed by atoms with Crippen LogP contribution in [0, 0.1) is 11.3 Å². The van der Waals surface area contributed by atoms with E-state index in [1.54, 1.807) is 6.92 Å². The van der Waals surface area contributed by atoms with Crippen molar-refractivity contribution in [2.24, 2.45) is 11.3 Å². The van der Waals surface area contributed by atoms with E-state index in [0.29, 0.717) is 31.1 Å². The Kier molecular flexibility index (Phi) is 4.08. The largest absolute Gasteiger partial charge is 0.462 e. The zero-order chi connectivity index (χ0) is 13.9. The lowest BCUT2D eigenvalue weighted by atomic mass is 9.87. The Bertz CT molecular complexity index is 427. The van der Waals surface area contributed by atoms with Gasteiger partial charge in [-0.05, 0) is 38.5 Å². The molecule has 1 N–H and O–H groups in total. The predicted molar refractivity (Wildman–Crippen MR) is 72.3 cm³/mol. The molecule has 104 valence electrons. The second kappa shape index (κ2) is 5.59. The summed E-state index contributed by atoms with van der Waals surface area (Å²) < 4.78 is 4.97. The van der Waals surface area contributed by atoms with E-state index in [1.807, 2.05) is 0 Å². The average Bonchev–Trinajstić information content (AvgIpc) is 2.99. The van der Waals surface area contributed by atoms with Crippen molar-refractivity contribution in [2.75, 3.05) is 13.2 Å². The number of nitrogens with one attached hydrogen (secondary N) is 1. The lowest BCUT2D eigenvalue weighted by Crippen LogP contribution is -2.38. The molecule has 2 atom stereocenters. The third-order valence-corrected chi connectivity index (χ3v) is 3.92. The fourth-order valence-corrected chi connectivity index (χ4v) is 2.77. The lowest BCUT2D eigenvalue weighted by molar-refractivity contribution is -0.139. The first kappa shape index (κ1) is 13.8. The highest BCUT2D eigenvalue weighted by Crippen LogP contribution is 2.49. The van der Waals surface area contributed by atoms with Crippen LogP contribution in [0.5, 0.6) is 0 Å². The van der Waals surface area contributed by atoms with Gasteiger partial charge in [-0.25, -0.2) is 4.79 Å². The molecule has 2 aliphatic rings. The van der Waals surface area contributed by atoms with Gasteiger partial charge in [-0.15, -0.1) is 0 Å². The lowest BCUT2D eigenvalue weighted by Gasteiger charge is -2.22. The number of hydrogen-bond acceptors (Lipinski definition) is 3. The topological polar surface area (TPSA) is 55.4 Å². The van der Waals surface area contributed by atoms with E-state index in [-0.39, 0.29) is 17.3 Å². The normalized spacial score (nSPS) is 27.3. The summed E-state index contributed by atoms with van der Waals surface area (Å²) in [5, 5.41) is 2.94. The fraction of sp³-hybridized carbons (Fsp3) is 0.600. The molecule has 19 heavy (non-hydrogen) atoms. The molecule has 1 saturated carbocycles. The molecule has 0 heterocycles. The first-order chi connectivity index (χ1) is 9.03. The molecule has 1 amide bonds. The van der Waals surface area contributed by atoms with Crippen LogP contribution in [0.25, 0.3) is 0 Å². The van der Waals surface area contributed by atoms with Gasteiger partial charge in [0.15, 0.2) is 0 Å². The van der Waals surface area contributed by atoms with E-state index < -0.39 is 0 Å². The summed E-state index contributed by atoms with van der Waals surface area (Å²) in [5.41, 5.74) is 0.148. The molecule has 2 bridgehead atoms. The Morgan fingerprint density at radius 2 is 2.32 bits per heavy atom. The van der Waals surface area contributed by atoms with Crippen LogP contribution in [0.15, 0.2) is 24.3 Å². The zero-order valence-corrected chi connectivity index (χ0v) is 11.4. The van der Waals surface area contributed by atoms with Gasteiger partial charge in [-0.3, -0.25) is 4.79 Å². The number of ether oxygens (including phenoxy) is 1. The number of allylic oxidation sites excluding steroid dienone is 1. The van der Waals surface area contributed by atoms with Gasteiger partial charge in [-0.2, -0.15) is 0 Å². The van der Waals surface area contributed by atoms with Crippen molar-refractivity contribution in [1.29, 1.82) is 0 Å². The van der Waals surface area contributed by atoms with Gasteiger partial charge in [0.2, 0.25) is 5.91 Å². The number of esters is 1. The van der Waals surface area contributed by atoms with Crippen LogP contribution >= 0.6 is 0 Å². The molecule has 0 aromatic rings. The van der Waals surface area contributed by atoms with Crippen molar-refractivity contribution in [1.82, 2.24) is 5.32 Å². The van der Waals surface area contributed by atoms with E-state index in [1.165, 1.54) is 0 Å². The molecule has 0 radical (unpaired) electrons. The molecule has 1 fully saturated rings. The Labute approximate surface area is 113 Å². The second-order valence-electron chi connectivity index (χ2n) is 5.54. The second-order valence-corrected chi connectivity index (χ2v) is 5.54. The SMILES string of the molecule is C=C(C)C(=O)OCCCNC(=O)C12C=CC(CC1)C2. The number of rotatable bonds is 6. The van der Waals surface area contributed by atoms with Crippen LogP contribution in [0.2, 0.25) is 0 Å². The molecule has 2 rings (SSSR count). The van der Waals surface area contributed by atoms with Crippen molar-refractivity contribution in [3.8, 4) is 0 Å². The first-order valence-corrected chi connectivity index (χ1v) is 6.84. The van der Waals surface area contributed by atoms with E-state index in [4.69, 9.17) is 4.74 Å². The summed E-state index contributed by atoms with van der Waals surface area (Å²) in [6.07, 6.45) is 7.91. The predicted octanol–water partition coefficient (Wildman–Crippen LogP) is 1.97. The molecule has 0 aliphatic heterocycles. The first-order valence-electron chi connectivity index (χ1n) is 6.84. The van der Waals surface area contributed by atoms with Gasteiger partial charge in [-0.1, -0.05) is 18.7 Å². The maximum absolute atomic E-state index is 12.1. The highest BCUT2D eigenvalue weighted by molar-refractivity contribution is 5.87. The van der Waals surface area contributed by atoms with E-state index >= 15 is 0 Å². The standard InChI is InChI=1S/C15H21NO3/c1-11(2)13(17)19-9-3-8-16-14(18)15-6-4-12(10-15)5-7-15/h4,6,12H,1,3,5,7-10H2,2H3,(H,16,18). The van der Waals surface area contributed by atoms with E-state index in [9.17, 15) is 9.59 Å². The summed E-state index contributed by atoms with van der Waals surface area (Å²) in [4.78, 5) is 23.3. The minimum atomic E-state index is -0.373. The quantitative estimate of drug-likeness (QED) is 0.345. The van der Waals surface area contributed by atoms with Gasteiger partial charge < -0.3 is 10.1 Å². The molecule has 2 unspecified atom stereocenters. The minimum Gasteiger partial charge on any atom is -0.462 e. The third kappa shape index (κ3) is 3.06. The molecule has 2 aliphatic carbocycles. The van der Waals surface area contributed by atoms with Crippen LogP contribution in [0.3, 0.4) is 0 Å². The van der Waals surface area contributed by atoms with Gasteiger partial charge in [0.25, 0.3) is 0 Å². The van der Waals surface area contributed by atoms with Gasteiger partial charge >= 0.3 is 5.97 Å². The highest BCUT2D eigenvalue weighted by Gasteiger charge is 2.46. The summed E-state index contributed by atoms with van der Waals surface area (Å²) in [6.45, 7) is 5.99. The summed E-state index contributed by atoms with van der Waals surface area (Å²) >= 11 is 0. The van der Waals surface area contributed by atoms with Gasteiger partial charge in [0.05, 0.1) is 12.0 Å². The molecule has 0 saturated heterocycles. The smallest absolute Gasteiger partial charge is 0.333 e. The van der Waals surface area contributed by atoms with Crippen molar-refractivity contribution >= 4 is 11.9 Å². The Balaban J connectivity index is 1.64. The number of carbonyl (C=O) groups excluding carboxylic acids is 2. The van der Waals surface area contributed by atoms with Gasteiger partial charge in [0.1, 0.15) is 0 Å². The van der Waals surface area contributed by atoms with Crippen LogP contribution in [0.4, 0.5) is 0 Å². The monoisotopic (exact) mass is 263 g/mol. The van der Waals surface area contributed by atoms with Crippen molar-refractivity contribution in [3.63, 3.8) is 0 Å². The van der Waals surface area contributed by atoms with Crippen LogP contribution in [-0.2, 0) is 14.3 Å². The third-order valence-electron chi connectivity index (χ3n) is 3.92. The Hall–Kier alpha value is -1.58. The molecule has 0 aromatic heterocycles. The van der Waals surface area contributed by atoms with Crippen LogP contribution in [0.1, 0.15) is 32.6 Å². The summed E-state index contributed by atoms with van der Waals surface area (Å²) in [5.74, 6) is 0.347. The van der Waals surface area contributed by atoms with Crippen molar-refractivity contribution in [3.05, 3.63) is 24.3 Å². The fourth-order valence-electron chi connectivity index (χ4n) is 2.77.